The molecule has 112 valence electrons. The van der Waals surface area contributed by atoms with Crippen molar-refractivity contribution in [1.82, 2.24) is 14.7 Å². The zero-order chi connectivity index (χ0) is 15.4. The van der Waals surface area contributed by atoms with Gasteiger partial charge in [-0.3, -0.25) is 19.5 Å². The van der Waals surface area contributed by atoms with E-state index in [1.54, 1.807) is 31.2 Å². The Kier molecular flexibility index (Phi) is 4.54. The van der Waals surface area contributed by atoms with Crippen LogP contribution in [0.2, 0.25) is 0 Å². The molecule has 0 spiro atoms. The van der Waals surface area contributed by atoms with Gasteiger partial charge >= 0.3 is 0 Å². The van der Waals surface area contributed by atoms with E-state index in [1.165, 1.54) is 4.90 Å². The van der Waals surface area contributed by atoms with Crippen molar-refractivity contribution in [3.8, 4) is 0 Å². The summed E-state index contributed by atoms with van der Waals surface area (Å²) in [6.07, 6.45) is 0. The monoisotopic (exact) mass is 291 g/mol. The lowest BCUT2D eigenvalue weighted by Gasteiger charge is -2.20. The summed E-state index contributed by atoms with van der Waals surface area (Å²) >= 11 is 0. The molecular weight excluding hydrogens is 274 g/mol. The summed E-state index contributed by atoms with van der Waals surface area (Å²) in [6, 6.07) is 6.46. The van der Waals surface area contributed by atoms with E-state index < -0.39 is 11.1 Å². The van der Waals surface area contributed by atoms with Crippen molar-refractivity contribution in [2.45, 2.75) is 13.5 Å². The fourth-order valence-corrected chi connectivity index (χ4v) is 2.17. The Hall–Kier alpha value is -2.41. The molecule has 0 unspecified atom stereocenters. The van der Waals surface area contributed by atoms with Crippen LogP contribution in [-0.4, -0.2) is 45.4 Å². The van der Waals surface area contributed by atoms with Crippen molar-refractivity contribution < 1.29 is 9.90 Å². The molecule has 0 aliphatic carbocycles. The molecule has 0 bridgehead atoms. The Morgan fingerprint density at radius 1 is 1.29 bits per heavy atom. The van der Waals surface area contributed by atoms with Crippen LogP contribution >= 0.6 is 0 Å². The number of hydrogen-bond donors (Lipinski definition) is 2. The van der Waals surface area contributed by atoms with E-state index in [0.717, 1.165) is 4.68 Å². The normalized spacial score (nSPS) is 10.8. The minimum atomic E-state index is -0.418. The van der Waals surface area contributed by atoms with Crippen LogP contribution < -0.4 is 11.1 Å². The molecule has 21 heavy (non-hydrogen) atoms. The van der Waals surface area contributed by atoms with E-state index in [2.05, 4.69) is 5.10 Å². The number of hydrogen-bond acceptors (Lipinski definition) is 4. The maximum atomic E-state index is 12.3. The van der Waals surface area contributed by atoms with Crippen LogP contribution in [0.1, 0.15) is 6.92 Å². The van der Waals surface area contributed by atoms with E-state index in [0.29, 0.717) is 11.9 Å². The summed E-state index contributed by atoms with van der Waals surface area (Å²) in [5.41, 5.74) is -0.832. The highest BCUT2D eigenvalue weighted by Gasteiger charge is 2.14. The summed E-state index contributed by atoms with van der Waals surface area (Å²) in [4.78, 5) is 37.7. The first kappa shape index (κ1) is 15.0. The molecule has 0 saturated heterocycles. The van der Waals surface area contributed by atoms with Gasteiger partial charge < -0.3 is 10.0 Å². The largest absolute Gasteiger partial charge is 0.395 e. The van der Waals surface area contributed by atoms with Crippen molar-refractivity contribution in [3.05, 3.63) is 45.0 Å². The Labute approximate surface area is 120 Å². The van der Waals surface area contributed by atoms with Gasteiger partial charge in [-0.15, -0.1) is 0 Å². The fourth-order valence-electron chi connectivity index (χ4n) is 2.17. The van der Waals surface area contributed by atoms with Crippen LogP contribution in [0.15, 0.2) is 33.9 Å². The highest BCUT2D eigenvalue weighted by molar-refractivity contribution is 5.81. The number of H-pyrrole nitrogens is 1. The van der Waals surface area contributed by atoms with Crippen LogP contribution in [-0.2, 0) is 11.3 Å². The van der Waals surface area contributed by atoms with Crippen LogP contribution in [0.3, 0.4) is 0 Å². The zero-order valence-electron chi connectivity index (χ0n) is 11.7. The number of aromatic amines is 1. The lowest BCUT2D eigenvalue weighted by atomic mass is 10.2. The van der Waals surface area contributed by atoms with Gasteiger partial charge in [0.05, 0.1) is 17.4 Å². The van der Waals surface area contributed by atoms with E-state index >= 15 is 0 Å². The molecule has 1 aromatic carbocycles. The maximum absolute atomic E-state index is 12.3. The van der Waals surface area contributed by atoms with Crippen LogP contribution in [0, 0.1) is 0 Å². The number of aliphatic hydroxyl groups is 1. The number of carbonyl (C=O) groups is 1. The highest BCUT2D eigenvalue weighted by atomic mass is 16.3. The van der Waals surface area contributed by atoms with Gasteiger partial charge in [-0.2, -0.15) is 0 Å². The third-order valence-corrected chi connectivity index (χ3v) is 3.28. The third-order valence-electron chi connectivity index (χ3n) is 3.28. The number of aromatic nitrogens is 2. The molecular formula is C14H17N3O4. The topological polar surface area (TPSA) is 95.4 Å². The number of benzene rings is 1. The summed E-state index contributed by atoms with van der Waals surface area (Å²) in [6.45, 7) is 1.99. The number of aliphatic hydroxyl groups excluding tert-OH is 1. The molecule has 0 aliphatic rings. The van der Waals surface area contributed by atoms with Crippen LogP contribution in [0.4, 0.5) is 0 Å². The SMILES string of the molecule is CCN(CCO)C(=O)Cn1[nH]c(=O)c2ccccc2c1=O. The van der Waals surface area contributed by atoms with Gasteiger partial charge in [0.2, 0.25) is 5.91 Å². The standard InChI is InChI=1S/C14H17N3O4/c1-2-16(7-8-18)12(19)9-17-14(21)11-6-4-3-5-10(11)13(20)15-17/h3-6,18H,2,7-9H2,1H3,(H,15,20). The van der Waals surface area contributed by atoms with Gasteiger partial charge in [0.1, 0.15) is 6.54 Å². The lowest BCUT2D eigenvalue weighted by molar-refractivity contribution is -0.132. The Bertz CT molecular complexity index is 763. The first-order chi connectivity index (χ1) is 10.1. The molecule has 7 nitrogen and oxygen atoms in total. The molecule has 0 aliphatic heterocycles. The number of nitrogens with zero attached hydrogens (tertiary/aromatic N) is 2. The molecule has 0 fully saturated rings. The Morgan fingerprint density at radius 3 is 2.57 bits per heavy atom. The molecule has 1 aromatic heterocycles. The number of nitrogens with one attached hydrogen (secondary N) is 1. The second kappa shape index (κ2) is 6.36. The first-order valence-corrected chi connectivity index (χ1v) is 6.69. The van der Waals surface area contributed by atoms with E-state index in [1.807, 2.05) is 0 Å². The van der Waals surface area contributed by atoms with Gasteiger partial charge in [-0.05, 0) is 19.1 Å². The van der Waals surface area contributed by atoms with Gasteiger partial charge in [-0.25, -0.2) is 4.68 Å². The second-order valence-corrected chi connectivity index (χ2v) is 4.57. The van der Waals surface area contributed by atoms with Crippen molar-refractivity contribution in [2.24, 2.45) is 0 Å². The van der Waals surface area contributed by atoms with Gasteiger partial charge in [-0.1, -0.05) is 12.1 Å². The smallest absolute Gasteiger partial charge is 0.273 e. The van der Waals surface area contributed by atoms with Crippen molar-refractivity contribution in [3.63, 3.8) is 0 Å². The molecule has 0 radical (unpaired) electrons. The molecule has 0 atom stereocenters. The van der Waals surface area contributed by atoms with E-state index in [4.69, 9.17) is 5.11 Å². The van der Waals surface area contributed by atoms with Crippen molar-refractivity contribution in [2.75, 3.05) is 19.7 Å². The van der Waals surface area contributed by atoms with Crippen molar-refractivity contribution >= 4 is 16.7 Å². The molecule has 7 heteroatoms. The summed E-state index contributed by atoms with van der Waals surface area (Å²) in [7, 11) is 0. The van der Waals surface area contributed by atoms with Crippen LogP contribution in [0.5, 0.6) is 0 Å². The van der Waals surface area contributed by atoms with Gasteiger partial charge in [0.15, 0.2) is 0 Å². The maximum Gasteiger partial charge on any atom is 0.273 e. The molecule has 0 saturated carbocycles. The summed E-state index contributed by atoms with van der Waals surface area (Å²) in [5, 5.41) is 11.9. The third kappa shape index (κ3) is 3.03. The molecule has 2 N–H and O–H groups in total. The first-order valence-electron chi connectivity index (χ1n) is 6.69. The number of likely N-dealkylation sites (N-methyl/N-ethyl adjacent to an activating group) is 1. The number of rotatable bonds is 5. The summed E-state index contributed by atoms with van der Waals surface area (Å²) in [5.74, 6) is -0.334. The van der Waals surface area contributed by atoms with Gasteiger partial charge in [0, 0.05) is 13.1 Å². The molecule has 1 heterocycles. The number of fused-ring (bicyclic) bond motifs is 1. The minimum absolute atomic E-state index is 0.150. The molecule has 1 amide bonds. The predicted octanol–water partition coefficient (Wildman–Crippen LogP) is -0.469. The lowest BCUT2D eigenvalue weighted by Crippen LogP contribution is -2.40. The van der Waals surface area contributed by atoms with E-state index in [9.17, 15) is 14.4 Å². The number of carbonyl (C=O) groups excluding carboxylic acids is 1. The Balaban J connectivity index is 2.40. The number of amides is 1. The average molecular weight is 291 g/mol. The Morgan fingerprint density at radius 2 is 1.95 bits per heavy atom. The molecule has 2 rings (SSSR count). The minimum Gasteiger partial charge on any atom is -0.395 e. The second-order valence-electron chi connectivity index (χ2n) is 4.57. The van der Waals surface area contributed by atoms with Gasteiger partial charge in [0.25, 0.3) is 11.1 Å². The van der Waals surface area contributed by atoms with Crippen LogP contribution in [0.25, 0.3) is 10.8 Å². The fraction of sp³-hybridized carbons (Fsp3) is 0.357. The highest BCUT2D eigenvalue weighted by Crippen LogP contribution is 2.02. The quantitative estimate of drug-likeness (QED) is 0.778. The average Bonchev–Trinajstić information content (AvgIpc) is 2.50. The van der Waals surface area contributed by atoms with Crippen molar-refractivity contribution in [1.29, 1.82) is 0 Å². The van der Waals surface area contributed by atoms with E-state index in [-0.39, 0.29) is 31.0 Å². The zero-order valence-corrected chi connectivity index (χ0v) is 11.7. The predicted molar refractivity (Wildman–Crippen MR) is 78.2 cm³/mol. The molecule has 2 aromatic rings. The summed E-state index contributed by atoms with van der Waals surface area (Å²) < 4.78 is 1.01.